The Morgan fingerprint density at radius 3 is 2.83 bits per heavy atom. The SMILES string of the molecule is NC1CCCC1c1csc(COCC(F)(F)F)n1. The van der Waals surface area contributed by atoms with Crippen molar-refractivity contribution >= 4 is 11.3 Å². The number of nitrogens with two attached hydrogens (primary N) is 1. The molecule has 2 N–H and O–H groups in total. The van der Waals surface area contributed by atoms with E-state index in [9.17, 15) is 13.2 Å². The van der Waals surface area contributed by atoms with Crippen LogP contribution >= 0.6 is 11.3 Å². The summed E-state index contributed by atoms with van der Waals surface area (Å²) in [5.74, 6) is 0.248. The van der Waals surface area contributed by atoms with Crippen LogP contribution in [0.25, 0.3) is 0 Å². The topological polar surface area (TPSA) is 48.1 Å². The van der Waals surface area contributed by atoms with Crippen molar-refractivity contribution in [3.63, 3.8) is 0 Å². The Balaban J connectivity index is 1.86. The van der Waals surface area contributed by atoms with Gasteiger partial charge in [-0.25, -0.2) is 4.98 Å². The average molecular weight is 280 g/mol. The van der Waals surface area contributed by atoms with E-state index >= 15 is 0 Å². The lowest BCUT2D eigenvalue weighted by Crippen LogP contribution is -2.23. The highest BCUT2D eigenvalue weighted by molar-refractivity contribution is 7.09. The van der Waals surface area contributed by atoms with E-state index in [1.807, 2.05) is 5.38 Å². The second kappa shape index (κ2) is 5.54. The van der Waals surface area contributed by atoms with Crippen LogP contribution in [0.3, 0.4) is 0 Å². The van der Waals surface area contributed by atoms with E-state index in [0.29, 0.717) is 5.01 Å². The highest BCUT2D eigenvalue weighted by atomic mass is 32.1. The molecule has 1 fully saturated rings. The molecule has 1 heterocycles. The van der Waals surface area contributed by atoms with Gasteiger partial charge >= 0.3 is 6.18 Å². The molecular formula is C11H15F3N2OS. The lowest BCUT2D eigenvalue weighted by atomic mass is 10.0. The predicted octanol–water partition coefficient (Wildman–Crippen LogP) is 2.82. The first-order chi connectivity index (χ1) is 8.46. The molecule has 0 bridgehead atoms. The van der Waals surface area contributed by atoms with E-state index in [4.69, 9.17) is 5.73 Å². The summed E-state index contributed by atoms with van der Waals surface area (Å²) in [4.78, 5) is 4.31. The van der Waals surface area contributed by atoms with E-state index in [-0.39, 0.29) is 18.6 Å². The maximum Gasteiger partial charge on any atom is 0.411 e. The number of hydrogen-bond donors (Lipinski definition) is 1. The first-order valence-electron chi connectivity index (χ1n) is 5.80. The van der Waals surface area contributed by atoms with Crippen molar-refractivity contribution in [2.45, 2.75) is 44.0 Å². The minimum atomic E-state index is -4.28. The minimum absolute atomic E-state index is 0.0911. The molecule has 1 aromatic heterocycles. The predicted molar refractivity (Wildman–Crippen MR) is 62.4 cm³/mol. The van der Waals surface area contributed by atoms with Gasteiger partial charge in [0, 0.05) is 17.3 Å². The van der Waals surface area contributed by atoms with Gasteiger partial charge < -0.3 is 10.5 Å². The van der Waals surface area contributed by atoms with Crippen molar-refractivity contribution in [2.75, 3.05) is 6.61 Å². The molecule has 102 valence electrons. The van der Waals surface area contributed by atoms with Crippen LogP contribution in [0.4, 0.5) is 13.2 Å². The quantitative estimate of drug-likeness (QED) is 0.922. The maximum atomic E-state index is 11.9. The van der Waals surface area contributed by atoms with Gasteiger partial charge in [0.2, 0.25) is 0 Å². The molecule has 0 aliphatic heterocycles. The van der Waals surface area contributed by atoms with E-state index in [1.54, 1.807) is 0 Å². The van der Waals surface area contributed by atoms with Crippen molar-refractivity contribution in [3.05, 3.63) is 16.1 Å². The molecule has 1 aliphatic carbocycles. The van der Waals surface area contributed by atoms with Gasteiger partial charge in [-0.15, -0.1) is 11.3 Å². The molecule has 1 aliphatic rings. The van der Waals surface area contributed by atoms with Crippen LogP contribution in [0, 0.1) is 0 Å². The number of hydrogen-bond acceptors (Lipinski definition) is 4. The second-order valence-corrected chi connectivity index (χ2v) is 5.42. The first-order valence-corrected chi connectivity index (χ1v) is 6.68. The summed E-state index contributed by atoms with van der Waals surface area (Å²) in [6.07, 6.45) is -1.20. The number of aromatic nitrogens is 1. The van der Waals surface area contributed by atoms with Gasteiger partial charge in [0.15, 0.2) is 0 Å². The van der Waals surface area contributed by atoms with Gasteiger partial charge in [0.05, 0.1) is 12.3 Å². The zero-order valence-corrected chi connectivity index (χ0v) is 10.6. The molecular weight excluding hydrogens is 265 g/mol. The van der Waals surface area contributed by atoms with E-state index < -0.39 is 12.8 Å². The van der Waals surface area contributed by atoms with E-state index in [1.165, 1.54) is 11.3 Å². The van der Waals surface area contributed by atoms with Gasteiger partial charge in [-0.05, 0) is 12.8 Å². The van der Waals surface area contributed by atoms with Crippen LogP contribution < -0.4 is 5.73 Å². The molecule has 7 heteroatoms. The van der Waals surface area contributed by atoms with Crippen molar-refractivity contribution < 1.29 is 17.9 Å². The number of thiazole rings is 1. The molecule has 0 radical (unpaired) electrons. The molecule has 0 spiro atoms. The lowest BCUT2D eigenvalue weighted by molar-refractivity contribution is -0.176. The Kier molecular flexibility index (Phi) is 4.24. The summed E-state index contributed by atoms with van der Waals surface area (Å²) in [7, 11) is 0. The van der Waals surface area contributed by atoms with E-state index in [0.717, 1.165) is 25.0 Å². The molecule has 1 saturated carbocycles. The van der Waals surface area contributed by atoms with Crippen molar-refractivity contribution in [1.82, 2.24) is 4.98 Å². The number of nitrogens with zero attached hydrogens (tertiary/aromatic N) is 1. The van der Waals surface area contributed by atoms with Crippen LogP contribution in [0.5, 0.6) is 0 Å². The summed E-state index contributed by atoms with van der Waals surface area (Å²) in [5, 5.41) is 2.45. The van der Waals surface area contributed by atoms with Gasteiger partial charge in [0.1, 0.15) is 11.6 Å². The largest absolute Gasteiger partial charge is 0.411 e. The average Bonchev–Trinajstić information content (AvgIpc) is 2.84. The third-order valence-corrected chi connectivity index (χ3v) is 3.85. The Hall–Kier alpha value is -0.660. The van der Waals surface area contributed by atoms with Gasteiger partial charge in [-0.3, -0.25) is 0 Å². The second-order valence-electron chi connectivity index (χ2n) is 4.48. The fraction of sp³-hybridized carbons (Fsp3) is 0.727. The van der Waals surface area contributed by atoms with Crippen LogP contribution in [0.1, 0.15) is 35.9 Å². The Morgan fingerprint density at radius 2 is 2.22 bits per heavy atom. The third kappa shape index (κ3) is 3.66. The molecule has 1 aromatic rings. The highest BCUT2D eigenvalue weighted by Gasteiger charge is 2.29. The standard InChI is InChI=1S/C11H15F3N2OS/c12-11(13,14)6-17-4-10-16-9(5-18-10)7-2-1-3-8(7)15/h5,7-8H,1-4,6,15H2. The highest BCUT2D eigenvalue weighted by Crippen LogP contribution is 2.33. The Morgan fingerprint density at radius 1 is 1.44 bits per heavy atom. The number of rotatable bonds is 4. The monoisotopic (exact) mass is 280 g/mol. The van der Waals surface area contributed by atoms with E-state index in [2.05, 4.69) is 9.72 Å². The summed E-state index contributed by atoms with van der Waals surface area (Å²) in [6, 6.07) is 0.121. The summed E-state index contributed by atoms with van der Waals surface area (Å²) in [5.41, 5.74) is 6.86. The molecule has 3 nitrogen and oxygen atoms in total. The maximum absolute atomic E-state index is 11.9. The minimum Gasteiger partial charge on any atom is -0.365 e. The van der Waals surface area contributed by atoms with Crippen LogP contribution in [0.2, 0.25) is 0 Å². The zero-order chi connectivity index (χ0) is 13.2. The molecule has 18 heavy (non-hydrogen) atoms. The zero-order valence-electron chi connectivity index (χ0n) is 9.74. The fourth-order valence-electron chi connectivity index (χ4n) is 2.17. The van der Waals surface area contributed by atoms with Gasteiger partial charge in [-0.1, -0.05) is 6.42 Å². The lowest BCUT2D eigenvalue weighted by Gasteiger charge is -2.11. The van der Waals surface area contributed by atoms with Crippen molar-refractivity contribution in [3.8, 4) is 0 Å². The molecule has 2 atom stereocenters. The number of ether oxygens (including phenoxy) is 1. The molecule has 0 amide bonds. The normalized spacial score (nSPS) is 24.7. The molecule has 0 aromatic carbocycles. The van der Waals surface area contributed by atoms with Gasteiger partial charge in [0.25, 0.3) is 0 Å². The fourth-order valence-corrected chi connectivity index (χ4v) is 2.97. The molecule has 0 saturated heterocycles. The van der Waals surface area contributed by atoms with Crippen LogP contribution in [-0.4, -0.2) is 23.8 Å². The first kappa shape index (κ1) is 13.8. The number of alkyl halides is 3. The summed E-state index contributed by atoms with van der Waals surface area (Å²) >= 11 is 1.33. The van der Waals surface area contributed by atoms with Gasteiger partial charge in [-0.2, -0.15) is 13.2 Å². The van der Waals surface area contributed by atoms with Crippen LogP contribution in [0.15, 0.2) is 5.38 Å². The van der Waals surface area contributed by atoms with Crippen LogP contribution in [-0.2, 0) is 11.3 Å². The van der Waals surface area contributed by atoms with Crippen molar-refractivity contribution in [1.29, 1.82) is 0 Å². The molecule has 2 unspecified atom stereocenters. The van der Waals surface area contributed by atoms with Crippen molar-refractivity contribution in [2.24, 2.45) is 5.73 Å². The number of halogens is 3. The Bertz CT molecular complexity index is 394. The Labute approximate surface area is 107 Å². The molecule has 2 rings (SSSR count). The smallest absolute Gasteiger partial charge is 0.365 e. The summed E-state index contributed by atoms with van der Waals surface area (Å²) < 4.78 is 40.3. The third-order valence-electron chi connectivity index (χ3n) is 3.01. The summed E-state index contributed by atoms with van der Waals surface area (Å²) in [6.45, 7) is -1.32.